The smallest absolute Gasteiger partial charge is 0.235 e. The number of phenolic OH excluding ortho intramolecular Hbond substituents is 1. The zero-order valence-corrected chi connectivity index (χ0v) is 22.8. The predicted octanol–water partition coefficient (Wildman–Crippen LogP) is 0.810. The number of phenols is 1. The number of carbonyl (C=O) groups is 5. The van der Waals surface area contributed by atoms with Gasteiger partial charge in [0, 0.05) is 24.0 Å². The van der Waals surface area contributed by atoms with E-state index in [-0.39, 0.29) is 29.2 Å². The molecule has 11 heteroatoms. The van der Waals surface area contributed by atoms with Crippen molar-refractivity contribution in [3.05, 3.63) is 63.7 Å². The van der Waals surface area contributed by atoms with Crippen molar-refractivity contribution in [3.63, 3.8) is 0 Å². The molecule has 0 spiro atoms. The fourth-order valence-corrected chi connectivity index (χ4v) is 7.07. The lowest BCUT2D eigenvalue weighted by Crippen LogP contribution is -2.74. The minimum absolute atomic E-state index is 0.0303. The van der Waals surface area contributed by atoms with Crippen LogP contribution in [-0.2, 0) is 38.7 Å². The van der Waals surface area contributed by atoms with Gasteiger partial charge in [0.1, 0.15) is 5.75 Å². The van der Waals surface area contributed by atoms with E-state index in [1.807, 2.05) is 30.3 Å². The third-order valence-corrected chi connectivity index (χ3v) is 9.03. The number of hydrogen-bond donors (Lipinski definition) is 4. The largest absolute Gasteiger partial charge is 0.507 e. The number of primary amides is 1. The average Bonchev–Trinajstić information content (AvgIpc) is 2.89. The lowest BCUT2D eigenvalue weighted by Gasteiger charge is -2.52. The third-order valence-electron chi connectivity index (χ3n) is 8.56. The molecule has 5 N–H and O–H groups in total. The second-order valence-corrected chi connectivity index (χ2v) is 11.5. The van der Waals surface area contributed by atoms with Crippen molar-refractivity contribution in [1.82, 2.24) is 10.2 Å². The molecule has 0 heterocycles. The highest BCUT2D eigenvalue weighted by Gasteiger charge is 2.69. The molecule has 0 radical (unpaired) electrons. The Morgan fingerprint density at radius 1 is 1.12 bits per heavy atom. The summed E-state index contributed by atoms with van der Waals surface area (Å²) in [4.78, 5) is 67.5. The maximum Gasteiger partial charge on any atom is 0.235 e. The van der Waals surface area contributed by atoms with Crippen LogP contribution in [-0.4, -0.2) is 69.9 Å². The van der Waals surface area contributed by atoms with Crippen molar-refractivity contribution in [2.75, 3.05) is 14.1 Å². The summed E-state index contributed by atoms with van der Waals surface area (Å²) in [7, 11) is 3.08. The number of aromatic hydroxyl groups is 1. The number of aliphatic hydroxyl groups is 1. The van der Waals surface area contributed by atoms with E-state index in [0.29, 0.717) is 24.2 Å². The molecule has 0 bridgehead atoms. The highest BCUT2D eigenvalue weighted by atomic mass is 35.5. The number of ketones is 4. The number of benzene rings is 2. The first kappa shape index (κ1) is 28.1. The van der Waals surface area contributed by atoms with Crippen molar-refractivity contribution < 1.29 is 34.2 Å². The van der Waals surface area contributed by atoms with Crippen LogP contribution in [0.4, 0.5) is 0 Å². The predicted molar refractivity (Wildman–Crippen MR) is 143 cm³/mol. The zero-order chi connectivity index (χ0) is 29.1. The van der Waals surface area contributed by atoms with Crippen LogP contribution >= 0.6 is 11.6 Å². The first-order valence-corrected chi connectivity index (χ1v) is 13.4. The van der Waals surface area contributed by atoms with Crippen LogP contribution in [0, 0.1) is 23.7 Å². The highest BCUT2D eigenvalue weighted by molar-refractivity contribution is 6.34. The molecule has 3 aliphatic rings. The number of hydrogen-bond acceptors (Lipinski definition) is 9. The van der Waals surface area contributed by atoms with E-state index < -0.39 is 64.4 Å². The number of Topliss-reactive ketones (excluding diaryl/α,β-unsaturated/α-hetero) is 4. The average molecular weight is 568 g/mol. The maximum absolute atomic E-state index is 13.8. The minimum atomic E-state index is -2.75. The quantitative estimate of drug-likeness (QED) is 0.369. The molecule has 2 unspecified atom stereocenters. The number of halogens is 1. The van der Waals surface area contributed by atoms with Crippen molar-refractivity contribution in [2.45, 2.75) is 37.6 Å². The van der Waals surface area contributed by atoms with Gasteiger partial charge in [-0.05, 0) is 55.6 Å². The molecular weight excluding hydrogens is 538 g/mol. The Morgan fingerprint density at radius 2 is 1.80 bits per heavy atom. The molecule has 5 rings (SSSR count). The second-order valence-electron chi connectivity index (χ2n) is 11.1. The first-order valence-electron chi connectivity index (χ1n) is 13.0. The summed E-state index contributed by atoms with van der Waals surface area (Å²) in [5, 5.41) is 26.0. The van der Waals surface area contributed by atoms with Crippen LogP contribution in [0.2, 0.25) is 5.02 Å². The number of amides is 1. The Labute approximate surface area is 235 Å². The summed E-state index contributed by atoms with van der Waals surface area (Å²) in [5.41, 5.74) is 4.46. The Kier molecular flexibility index (Phi) is 7.16. The molecule has 6 atom stereocenters. The van der Waals surface area contributed by atoms with Crippen molar-refractivity contribution >= 4 is 40.6 Å². The number of nitrogens with zero attached hydrogens (tertiary/aromatic N) is 1. The second kappa shape index (κ2) is 10.2. The van der Waals surface area contributed by atoms with E-state index in [0.717, 1.165) is 5.56 Å². The molecule has 2 fully saturated rings. The van der Waals surface area contributed by atoms with E-state index in [9.17, 15) is 34.2 Å². The highest BCUT2D eigenvalue weighted by Crippen LogP contribution is 2.51. The van der Waals surface area contributed by atoms with Gasteiger partial charge in [0.05, 0.1) is 17.5 Å². The van der Waals surface area contributed by atoms with Gasteiger partial charge >= 0.3 is 0 Å². The molecule has 40 heavy (non-hydrogen) atoms. The molecule has 3 aliphatic carbocycles. The van der Waals surface area contributed by atoms with Gasteiger partial charge < -0.3 is 21.3 Å². The number of carbonyl (C=O) groups excluding carboxylic acids is 5. The molecular formula is C29H30ClN3O7. The fraction of sp³-hybridized carbons (Fsp3) is 0.414. The van der Waals surface area contributed by atoms with Crippen LogP contribution in [0.5, 0.6) is 5.75 Å². The van der Waals surface area contributed by atoms with E-state index in [1.54, 1.807) is 14.1 Å². The van der Waals surface area contributed by atoms with E-state index in [4.69, 9.17) is 17.3 Å². The van der Waals surface area contributed by atoms with Gasteiger partial charge in [-0.2, -0.15) is 0 Å². The van der Waals surface area contributed by atoms with Crippen LogP contribution < -0.4 is 11.1 Å². The molecule has 2 aromatic rings. The molecule has 1 amide bonds. The van der Waals surface area contributed by atoms with Crippen LogP contribution in [0.25, 0.3) is 0 Å². The molecule has 2 saturated carbocycles. The molecule has 10 nitrogen and oxygen atoms in total. The number of nitrogens with one attached hydrogen (secondary N) is 1. The Morgan fingerprint density at radius 3 is 2.42 bits per heavy atom. The maximum atomic E-state index is 13.8. The van der Waals surface area contributed by atoms with Crippen molar-refractivity contribution in [3.8, 4) is 5.75 Å². The van der Waals surface area contributed by atoms with Crippen molar-refractivity contribution in [1.29, 1.82) is 0 Å². The Hall–Kier alpha value is -3.44. The number of likely N-dealkylation sites (N-methyl/N-ethyl adjacent to an activating group) is 1. The summed E-state index contributed by atoms with van der Waals surface area (Å²) >= 11 is 6.75. The van der Waals surface area contributed by atoms with Crippen LogP contribution in [0.3, 0.4) is 0 Å². The summed E-state index contributed by atoms with van der Waals surface area (Å²) in [6, 6.07) is 9.91. The standard InChI is InChI=1S/C29H30ClN3O7/c1-33(2)23-17-9-14-8-16-20(18(34)10-15(22(16)30)12-32-11-13-6-4-3-5-7-13)24(35)19(14)26(37)29(17,40)27(38)21(25(23)36)28(31)39/h3-7,10,14,17,19,21,23,32,34,40H,8-9,11-12H2,1-2H3,(H2,31,39)/t14-,17-,19?,21?,23-,29-/m0/s1. The normalized spacial score (nSPS) is 29.7. The lowest BCUT2D eigenvalue weighted by molar-refractivity contribution is -0.181. The van der Waals surface area contributed by atoms with Gasteiger partial charge in [-0.25, -0.2) is 0 Å². The number of fused-ring (bicyclic) bond motifs is 3. The summed E-state index contributed by atoms with van der Waals surface area (Å²) < 4.78 is 0. The van der Waals surface area contributed by atoms with Crippen LogP contribution in [0.1, 0.15) is 33.5 Å². The van der Waals surface area contributed by atoms with Gasteiger partial charge in [0.25, 0.3) is 0 Å². The number of rotatable bonds is 6. The molecule has 210 valence electrons. The summed E-state index contributed by atoms with van der Waals surface area (Å²) in [5.74, 6) is -10.9. The monoisotopic (exact) mass is 567 g/mol. The van der Waals surface area contributed by atoms with E-state index in [1.165, 1.54) is 11.0 Å². The molecule has 0 saturated heterocycles. The topological polar surface area (TPSA) is 167 Å². The minimum Gasteiger partial charge on any atom is -0.507 e. The summed E-state index contributed by atoms with van der Waals surface area (Å²) in [6.45, 7) is 0.853. The lowest BCUT2D eigenvalue weighted by atomic mass is 9.52. The Balaban J connectivity index is 1.51. The van der Waals surface area contributed by atoms with E-state index >= 15 is 0 Å². The van der Waals surface area contributed by atoms with Gasteiger partial charge in [-0.15, -0.1) is 0 Å². The van der Waals surface area contributed by atoms with Gasteiger partial charge in [0.15, 0.2) is 34.7 Å². The third kappa shape index (κ3) is 4.17. The molecule has 0 aliphatic heterocycles. The fourth-order valence-electron chi connectivity index (χ4n) is 6.77. The first-order chi connectivity index (χ1) is 18.9. The van der Waals surface area contributed by atoms with Gasteiger partial charge in [-0.1, -0.05) is 41.9 Å². The zero-order valence-electron chi connectivity index (χ0n) is 22.0. The molecule has 2 aromatic carbocycles. The van der Waals surface area contributed by atoms with E-state index in [2.05, 4.69) is 5.32 Å². The SMILES string of the molecule is CN(C)[C@@H]1C(=O)C(C(N)=O)C(=O)[C@@]2(O)C(=O)C3C(=O)c4c(O)cc(CNCc5ccccc5)c(Cl)c4C[C@H]3C[C@@H]12. The number of nitrogens with two attached hydrogens (primary N) is 1. The summed E-state index contributed by atoms with van der Waals surface area (Å²) in [6.07, 6.45) is 0.0855. The Bertz CT molecular complexity index is 1440. The van der Waals surface area contributed by atoms with Crippen LogP contribution in [0.15, 0.2) is 36.4 Å². The van der Waals surface area contributed by atoms with Gasteiger partial charge in [-0.3, -0.25) is 28.9 Å². The molecule has 0 aromatic heterocycles. The van der Waals surface area contributed by atoms with Gasteiger partial charge in [0.2, 0.25) is 5.91 Å². The van der Waals surface area contributed by atoms with Crippen molar-refractivity contribution in [2.24, 2.45) is 29.4 Å².